The number of aromatic nitrogens is 2. The lowest BCUT2D eigenvalue weighted by Crippen LogP contribution is -2.30. The Hall–Kier alpha value is -1.07. The Morgan fingerprint density at radius 1 is 1.53 bits per heavy atom. The Morgan fingerprint density at radius 3 is 2.94 bits per heavy atom. The van der Waals surface area contributed by atoms with Crippen molar-refractivity contribution in [3.05, 3.63) is 11.2 Å². The Balaban J connectivity index is 2.02. The van der Waals surface area contributed by atoms with Gasteiger partial charge in [0, 0.05) is 26.8 Å². The maximum atomic E-state index is 6.06. The summed E-state index contributed by atoms with van der Waals surface area (Å²) in [5.41, 5.74) is 5.57. The summed E-state index contributed by atoms with van der Waals surface area (Å²) in [6.45, 7) is 2.61. The van der Waals surface area contributed by atoms with E-state index in [4.69, 9.17) is 22.1 Å². The third-order valence-corrected chi connectivity index (χ3v) is 3.25. The van der Waals surface area contributed by atoms with Crippen molar-refractivity contribution in [2.75, 3.05) is 37.4 Å². The van der Waals surface area contributed by atoms with Crippen molar-refractivity contribution >= 4 is 23.4 Å². The van der Waals surface area contributed by atoms with E-state index in [0.717, 1.165) is 32.6 Å². The lowest BCUT2D eigenvalue weighted by molar-refractivity contribution is 0.0685. The summed E-state index contributed by atoms with van der Waals surface area (Å²) in [6, 6.07) is 0. The Kier molecular flexibility index (Phi) is 4.02. The molecule has 0 spiro atoms. The van der Waals surface area contributed by atoms with Crippen LogP contribution in [0.1, 0.15) is 12.8 Å². The van der Waals surface area contributed by atoms with Crippen molar-refractivity contribution in [3.8, 4) is 0 Å². The van der Waals surface area contributed by atoms with Gasteiger partial charge >= 0.3 is 0 Å². The molecule has 0 aromatic carbocycles. The van der Waals surface area contributed by atoms with Crippen LogP contribution in [0.2, 0.25) is 5.02 Å². The van der Waals surface area contributed by atoms with Crippen LogP contribution in [-0.4, -0.2) is 36.8 Å². The van der Waals surface area contributed by atoms with Gasteiger partial charge in [-0.3, -0.25) is 0 Å². The molecule has 94 valence electrons. The minimum Gasteiger partial charge on any atom is -0.381 e. The van der Waals surface area contributed by atoms with E-state index in [-0.39, 0.29) is 5.95 Å². The highest BCUT2D eigenvalue weighted by Crippen LogP contribution is 2.24. The van der Waals surface area contributed by atoms with E-state index in [0.29, 0.717) is 16.8 Å². The van der Waals surface area contributed by atoms with Crippen molar-refractivity contribution in [2.45, 2.75) is 12.8 Å². The van der Waals surface area contributed by atoms with Gasteiger partial charge in [-0.1, -0.05) is 11.6 Å². The lowest BCUT2D eigenvalue weighted by Gasteiger charge is -2.28. The van der Waals surface area contributed by atoms with Crippen molar-refractivity contribution in [1.29, 1.82) is 0 Å². The predicted molar refractivity (Wildman–Crippen MR) is 68.3 cm³/mol. The Morgan fingerprint density at radius 2 is 2.24 bits per heavy atom. The van der Waals surface area contributed by atoms with Gasteiger partial charge in [-0.25, -0.2) is 4.98 Å². The molecule has 2 heterocycles. The van der Waals surface area contributed by atoms with Gasteiger partial charge < -0.3 is 15.4 Å². The van der Waals surface area contributed by atoms with Gasteiger partial charge in [-0.15, -0.1) is 0 Å². The largest absolute Gasteiger partial charge is 0.381 e. The molecule has 2 N–H and O–H groups in total. The number of hydrogen-bond donors (Lipinski definition) is 1. The summed E-state index contributed by atoms with van der Waals surface area (Å²) >= 11 is 6.06. The van der Waals surface area contributed by atoms with Crippen LogP contribution in [0.15, 0.2) is 6.20 Å². The Labute approximate surface area is 106 Å². The fourth-order valence-electron chi connectivity index (χ4n) is 2.04. The minimum absolute atomic E-state index is 0.253. The van der Waals surface area contributed by atoms with Gasteiger partial charge in [-0.2, -0.15) is 4.98 Å². The first-order valence-electron chi connectivity index (χ1n) is 5.73. The van der Waals surface area contributed by atoms with Gasteiger partial charge in [-0.05, 0) is 18.8 Å². The molecule has 2 rings (SSSR count). The van der Waals surface area contributed by atoms with Crippen LogP contribution in [0.25, 0.3) is 0 Å². The third kappa shape index (κ3) is 3.20. The summed E-state index contributed by atoms with van der Waals surface area (Å²) in [7, 11) is 1.98. The van der Waals surface area contributed by atoms with E-state index in [1.165, 1.54) is 0 Å². The monoisotopic (exact) mass is 256 g/mol. The molecule has 1 aliphatic heterocycles. The zero-order valence-electron chi connectivity index (χ0n) is 9.90. The first kappa shape index (κ1) is 12.4. The van der Waals surface area contributed by atoms with E-state index < -0.39 is 0 Å². The first-order valence-corrected chi connectivity index (χ1v) is 6.11. The van der Waals surface area contributed by atoms with E-state index in [9.17, 15) is 0 Å². The molecular weight excluding hydrogens is 240 g/mol. The number of rotatable bonds is 3. The average molecular weight is 257 g/mol. The molecule has 1 aromatic rings. The summed E-state index contributed by atoms with van der Waals surface area (Å²) in [6.07, 6.45) is 3.71. The molecule has 1 fully saturated rings. The van der Waals surface area contributed by atoms with E-state index in [1.54, 1.807) is 6.20 Å². The van der Waals surface area contributed by atoms with Gasteiger partial charge in [0.25, 0.3) is 0 Å². The molecule has 17 heavy (non-hydrogen) atoms. The van der Waals surface area contributed by atoms with E-state index in [2.05, 4.69) is 9.97 Å². The summed E-state index contributed by atoms with van der Waals surface area (Å²) in [5.74, 6) is 1.58. The summed E-state index contributed by atoms with van der Waals surface area (Å²) in [5, 5.41) is 0.536. The molecule has 0 atom stereocenters. The van der Waals surface area contributed by atoms with E-state index in [1.807, 2.05) is 11.9 Å². The second-order valence-corrected chi connectivity index (χ2v) is 4.74. The van der Waals surface area contributed by atoms with Crippen LogP contribution in [0.3, 0.4) is 0 Å². The average Bonchev–Trinajstić information content (AvgIpc) is 2.33. The SMILES string of the molecule is CN(CC1CCOCC1)c1nc(N)ncc1Cl. The number of nitrogen functional groups attached to an aromatic ring is 1. The van der Waals surface area contributed by atoms with Gasteiger partial charge in [0.2, 0.25) is 5.95 Å². The molecule has 1 aliphatic rings. The molecular formula is C11H17ClN4O. The number of anilines is 2. The normalized spacial score (nSPS) is 17.1. The number of halogens is 1. The molecule has 0 bridgehead atoms. The minimum atomic E-state index is 0.253. The molecule has 1 aromatic heterocycles. The van der Waals surface area contributed by atoms with Crippen molar-refractivity contribution < 1.29 is 4.74 Å². The van der Waals surface area contributed by atoms with Crippen LogP contribution < -0.4 is 10.6 Å². The summed E-state index contributed by atoms with van der Waals surface area (Å²) < 4.78 is 5.34. The molecule has 0 unspecified atom stereocenters. The molecule has 0 aliphatic carbocycles. The van der Waals surface area contributed by atoms with Crippen molar-refractivity contribution in [2.24, 2.45) is 5.92 Å². The topological polar surface area (TPSA) is 64.3 Å². The highest BCUT2D eigenvalue weighted by Gasteiger charge is 2.18. The maximum Gasteiger partial charge on any atom is 0.222 e. The zero-order chi connectivity index (χ0) is 12.3. The van der Waals surface area contributed by atoms with Crippen molar-refractivity contribution in [3.63, 3.8) is 0 Å². The fraction of sp³-hybridized carbons (Fsp3) is 0.636. The Bertz CT molecular complexity index is 382. The van der Waals surface area contributed by atoms with Crippen LogP contribution in [0.4, 0.5) is 11.8 Å². The molecule has 0 radical (unpaired) electrons. The predicted octanol–water partition coefficient (Wildman–Crippen LogP) is 1.57. The molecule has 0 amide bonds. The number of nitrogens with zero attached hydrogens (tertiary/aromatic N) is 3. The first-order chi connectivity index (χ1) is 8.16. The van der Waals surface area contributed by atoms with Crippen LogP contribution in [-0.2, 0) is 4.74 Å². The smallest absolute Gasteiger partial charge is 0.222 e. The summed E-state index contributed by atoms with van der Waals surface area (Å²) in [4.78, 5) is 10.1. The van der Waals surface area contributed by atoms with Crippen LogP contribution >= 0.6 is 11.6 Å². The molecule has 6 heteroatoms. The number of hydrogen-bond acceptors (Lipinski definition) is 5. The van der Waals surface area contributed by atoms with Gasteiger partial charge in [0.1, 0.15) is 5.02 Å². The standard InChI is InChI=1S/C11H17ClN4O/c1-16(7-8-2-4-17-5-3-8)10-9(12)6-14-11(13)15-10/h6,8H,2-5,7H2,1H3,(H2,13,14,15). The zero-order valence-corrected chi connectivity index (χ0v) is 10.7. The second kappa shape index (κ2) is 5.51. The highest BCUT2D eigenvalue weighted by molar-refractivity contribution is 6.32. The third-order valence-electron chi connectivity index (χ3n) is 2.98. The van der Waals surface area contributed by atoms with Crippen LogP contribution in [0.5, 0.6) is 0 Å². The van der Waals surface area contributed by atoms with E-state index >= 15 is 0 Å². The number of ether oxygens (including phenoxy) is 1. The van der Waals surface area contributed by atoms with Gasteiger partial charge in [0.05, 0.1) is 6.20 Å². The fourth-order valence-corrected chi connectivity index (χ4v) is 2.28. The second-order valence-electron chi connectivity index (χ2n) is 4.34. The van der Waals surface area contributed by atoms with Gasteiger partial charge in [0.15, 0.2) is 5.82 Å². The lowest BCUT2D eigenvalue weighted by atomic mass is 10.00. The molecule has 1 saturated heterocycles. The van der Waals surface area contributed by atoms with Crippen LogP contribution in [0, 0.1) is 5.92 Å². The van der Waals surface area contributed by atoms with Crippen molar-refractivity contribution in [1.82, 2.24) is 9.97 Å². The highest BCUT2D eigenvalue weighted by atomic mass is 35.5. The molecule has 0 saturated carbocycles. The maximum absolute atomic E-state index is 6.06. The molecule has 5 nitrogen and oxygen atoms in total. The number of nitrogens with two attached hydrogens (primary N) is 1. The quantitative estimate of drug-likeness (QED) is 0.890.